The van der Waals surface area contributed by atoms with Crippen molar-refractivity contribution in [1.29, 1.82) is 0 Å². The van der Waals surface area contributed by atoms with Gasteiger partial charge in [0.05, 0.1) is 28.0 Å². The molecule has 0 saturated heterocycles. The van der Waals surface area contributed by atoms with E-state index in [1.54, 1.807) is 54.9 Å². The predicted molar refractivity (Wildman–Crippen MR) is 110 cm³/mol. The standard InChI is InChI=1S/C19H14Cl4N2O2/c1-3-27-19(26)18-24-16(12-6-4-10(20)8-14(12)22)17(25(18)2)13-7-5-11(21)9-15(13)23/h4-9H,3H2,1-2H3. The zero-order chi connectivity index (χ0) is 19.7. The average Bonchev–Trinajstić information content (AvgIpc) is 2.92. The van der Waals surface area contributed by atoms with Crippen LogP contribution in [0.1, 0.15) is 17.5 Å². The van der Waals surface area contributed by atoms with E-state index in [1.165, 1.54) is 0 Å². The van der Waals surface area contributed by atoms with Gasteiger partial charge in [-0.1, -0.05) is 46.4 Å². The van der Waals surface area contributed by atoms with E-state index < -0.39 is 5.97 Å². The molecule has 1 aromatic heterocycles. The molecule has 1 heterocycles. The SMILES string of the molecule is CCOC(=O)c1nc(-c2ccc(Cl)cc2Cl)c(-c2ccc(Cl)cc2Cl)n1C. The average molecular weight is 444 g/mol. The number of hydrogen-bond acceptors (Lipinski definition) is 3. The highest BCUT2D eigenvalue weighted by Crippen LogP contribution is 2.40. The third kappa shape index (κ3) is 3.94. The van der Waals surface area contributed by atoms with Crippen molar-refractivity contribution in [2.75, 3.05) is 6.61 Å². The first-order valence-corrected chi connectivity index (χ1v) is 9.49. The zero-order valence-corrected chi connectivity index (χ0v) is 17.4. The van der Waals surface area contributed by atoms with Crippen LogP contribution >= 0.6 is 46.4 Å². The second-order valence-corrected chi connectivity index (χ2v) is 7.35. The first kappa shape index (κ1) is 20.0. The van der Waals surface area contributed by atoms with Crippen molar-refractivity contribution in [3.63, 3.8) is 0 Å². The lowest BCUT2D eigenvalue weighted by Crippen LogP contribution is -2.11. The molecule has 8 heteroatoms. The monoisotopic (exact) mass is 442 g/mol. The van der Waals surface area contributed by atoms with Gasteiger partial charge < -0.3 is 9.30 Å². The molecule has 2 aromatic carbocycles. The number of ether oxygens (including phenoxy) is 1. The molecule has 0 aliphatic heterocycles. The first-order chi connectivity index (χ1) is 12.8. The van der Waals surface area contributed by atoms with Crippen LogP contribution in [0.25, 0.3) is 22.5 Å². The van der Waals surface area contributed by atoms with Crippen LogP contribution in [0.4, 0.5) is 0 Å². The van der Waals surface area contributed by atoms with Gasteiger partial charge in [0.25, 0.3) is 0 Å². The summed E-state index contributed by atoms with van der Waals surface area (Å²) < 4.78 is 6.75. The summed E-state index contributed by atoms with van der Waals surface area (Å²) >= 11 is 24.8. The first-order valence-electron chi connectivity index (χ1n) is 7.98. The van der Waals surface area contributed by atoms with E-state index in [2.05, 4.69) is 4.98 Å². The van der Waals surface area contributed by atoms with Gasteiger partial charge in [-0.3, -0.25) is 0 Å². The summed E-state index contributed by atoms with van der Waals surface area (Å²) in [5, 5.41) is 1.83. The molecule has 0 unspecified atom stereocenters. The van der Waals surface area contributed by atoms with Gasteiger partial charge in [0, 0.05) is 28.2 Å². The van der Waals surface area contributed by atoms with Gasteiger partial charge in [0.15, 0.2) is 0 Å². The molecular weight excluding hydrogens is 430 g/mol. The van der Waals surface area contributed by atoms with E-state index in [0.29, 0.717) is 42.6 Å². The van der Waals surface area contributed by atoms with Crippen molar-refractivity contribution in [2.45, 2.75) is 6.92 Å². The number of carbonyl (C=O) groups excluding carboxylic acids is 1. The Morgan fingerprint density at radius 3 is 2.07 bits per heavy atom. The summed E-state index contributed by atoms with van der Waals surface area (Å²) in [6.07, 6.45) is 0. The van der Waals surface area contributed by atoms with Crippen LogP contribution in [0.3, 0.4) is 0 Å². The van der Waals surface area contributed by atoms with Gasteiger partial charge in [-0.2, -0.15) is 0 Å². The van der Waals surface area contributed by atoms with E-state index in [4.69, 9.17) is 51.1 Å². The van der Waals surface area contributed by atoms with Crippen molar-refractivity contribution in [3.8, 4) is 22.5 Å². The van der Waals surface area contributed by atoms with Crippen molar-refractivity contribution in [3.05, 3.63) is 62.3 Å². The van der Waals surface area contributed by atoms with E-state index in [9.17, 15) is 4.79 Å². The number of hydrogen-bond donors (Lipinski definition) is 0. The molecule has 0 bridgehead atoms. The second-order valence-electron chi connectivity index (χ2n) is 5.66. The molecule has 140 valence electrons. The highest BCUT2D eigenvalue weighted by molar-refractivity contribution is 6.37. The number of rotatable bonds is 4. The molecule has 0 atom stereocenters. The molecule has 4 nitrogen and oxygen atoms in total. The molecule has 27 heavy (non-hydrogen) atoms. The highest BCUT2D eigenvalue weighted by atomic mass is 35.5. The molecule has 3 rings (SSSR count). The Balaban J connectivity index is 2.31. The smallest absolute Gasteiger partial charge is 0.374 e. The minimum Gasteiger partial charge on any atom is -0.460 e. The van der Waals surface area contributed by atoms with E-state index in [-0.39, 0.29) is 12.4 Å². The quantitative estimate of drug-likeness (QED) is 0.429. The summed E-state index contributed by atoms with van der Waals surface area (Å²) in [5.41, 5.74) is 2.39. The number of esters is 1. The summed E-state index contributed by atoms with van der Waals surface area (Å²) in [7, 11) is 1.72. The fourth-order valence-corrected chi connectivity index (χ4v) is 3.73. The van der Waals surface area contributed by atoms with Crippen molar-refractivity contribution < 1.29 is 9.53 Å². The normalized spacial score (nSPS) is 10.9. The largest absolute Gasteiger partial charge is 0.460 e. The fraction of sp³-hybridized carbons (Fsp3) is 0.158. The number of imidazole rings is 1. The minimum absolute atomic E-state index is 0.138. The summed E-state index contributed by atoms with van der Waals surface area (Å²) in [4.78, 5) is 16.9. The Morgan fingerprint density at radius 2 is 1.56 bits per heavy atom. The van der Waals surface area contributed by atoms with Gasteiger partial charge in [-0.05, 0) is 43.3 Å². The van der Waals surface area contributed by atoms with Gasteiger partial charge in [-0.15, -0.1) is 0 Å². The maximum Gasteiger partial charge on any atom is 0.374 e. The highest BCUT2D eigenvalue weighted by Gasteiger charge is 2.25. The molecule has 0 radical (unpaired) electrons. The van der Waals surface area contributed by atoms with Crippen LogP contribution in [0.15, 0.2) is 36.4 Å². The molecule has 3 aromatic rings. The molecule has 0 spiro atoms. The predicted octanol–water partition coefficient (Wildman–Crippen LogP) is 6.54. The van der Waals surface area contributed by atoms with Gasteiger partial charge in [0.1, 0.15) is 0 Å². The Hall–Kier alpha value is -1.72. The van der Waals surface area contributed by atoms with Crippen LogP contribution in [-0.2, 0) is 11.8 Å². The third-order valence-electron chi connectivity index (χ3n) is 3.93. The molecule has 0 fully saturated rings. The minimum atomic E-state index is -0.539. The Labute approximate surface area is 176 Å². The molecule has 0 aliphatic carbocycles. The lowest BCUT2D eigenvalue weighted by Gasteiger charge is -2.11. The lowest BCUT2D eigenvalue weighted by atomic mass is 10.0. The Bertz CT molecular complexity index is 1030. The number of halogens is 4. The van der Waals surface area contributed by atoms with Crippen LogP contribution < -0.4 is 0 Å². The van der Waals surface area contributed by atoms with Gasteiger partial charge in [-0.25, -0.2) is 9.78 Å². The van der Waals surface area contributed by atoms with Crippen LogP contribution in [0.5, 0.6) is 0 Å². The van der Waals surface area contributed by atoms with E-state index >= 15 is 0 Å². The van der Waals surface area contributed by atoms with E-state index in [1.807, 2.05) is 0 Å². The lowest BCUT2D eigenvalue weighted by molar-refractivity contribution is 0.0508. The van der Waals surface area contributed by atoms with Crippen molar-refractivity contribution >= 4 is 52.4 Å². The van der Waals surface area contributed by atoms with Crippen LogP contribution in [0.2, 0.25) is 20.1 Å². The van der Waals surface area contributed by atoms with E-state index in [0.717, 1.165) is 0 Å². The summed E-state index contributed by atoms with van der Waals surface area (Å²) in [6, 6.07) is 10.2. The Kier molecular flexibility index (Phi) is 6.02. The van der Waals surface area contributed by atoms with Crippen LogP contribution in [-0.4, -0.2) is 22.1 Å². The molecule has 0 N–H and O–H groups in total. The second kappa shape index (κ2) is 8.11. The molecule has 0 saturated carbocycles. The number of carbonyl (C=O) groups is 1. The maximum absolute atomic E-state index is 12.4. The molecule has 0 aliphatic rings. The fourth-order valence-electron chi connectivity index (χ4n) is 2.74. The summed E-state index contributed by atoms with van der Waals surface area (Å²) in [6.45, 7) is 1.97. The number of benzene rings is 2. The molecular formula is C19H14Cl4N2O2. The Morgan fingerprint density at radius 1 is 1.00 bits per heavy atom. The van der Waals surface area contributed by atoms with Gasteiger partial charge >= 0.3 is 5.97 Å². The number of nitrogens with zero attached hydrogens (tertiary/aromatic N) is 2. The third-order valence-corrected chi connectivity index (χ3v) is 5.02. The summed E-state index contributed by atoms with van der Waals surface area (Å²) in [5.74, 6) is -0.401. The van der Waals surface area contributed by atoms with Gasteiger partial charge in [0.2, 0.25) is 5.82 Å². The zero-order valence-electron chi connectivity index (χ0n) is 14.4. The maximum atomic E-state index is 12.4. The van der Waals surface area contributed by atoms with Crippen LogP contribution in [0, 0.1) is 0 Å². The molecule has 0 amide bonds. The van der Waals surface area contributed by atoms with Crippen molar-refractivity contribution in [2.24, 2.45) is 7.05 Å². The van der Waals surface area contributed by atoms with Crippen molar-refractivity contribution in [1.82, 2.24) is 9.55 Å². The topological polar surface area (TPSA) is 44.1 Å². The number of aromatic nitrogens is 2.